The number of aliphatic imine (C=N–C) groups is 2. The highest BCUT2D eigenvalue weighted by atomic mass is 19.1. The molecule has 1 aliphatic rings. The van der Waals surface area contributed by atoms with Gasteiger partial charge in [-0.1, -0.05) is 0 Å². The van der Waals surface area contributed by atoms with Crippen molar-refractivity contribution in [2.24, 2.45) is 15.7 Å². The fourth-order valence-electron chi connectivity index (χ4n) is 1.34. The van der Waals surface area contributed by atoms with Gasteiger partial charge in [-0.15, -0.1) is 0 Å². The van der Waals surface area contributed by atoms with Gasteiger partial charge in [-0.25, -0.2) is 9.38 Å². The molecule has 2 rings (SSSR count). The number of rotatable bonds is 2. The molecular weight excluding hydrogens is 225 g/mol. The van der Waals surface area contributed by atoms with E-state index in [-0.39, 0.29) is 24.1 Å². The number of hydrogen-bond acceptors (Lipinski definition) is 5. The summed E-state index contributed by atoms with van der Waals surface area (Å²) >= 11 is 0. The van der Waals surface area contributed by atoms with Crippen molar-refractivity contribution in [1.82, 2.24) is 0 Å². The molecule has 0 amide bonds. The molecule has 0 spiro atoms. The zero-order valence-corrected chi connectivity index (χ0v) is 8.74. The summed E-state index contributed by atoms with van der Waals surface area (Å²) in [4.78, 5) is 7.73. The van der Waals surface area contributed by atoms with Gasteiger partial charge in [0.2, 0.25) is 0 Å². The Morgan fingerprint density at radius 1 is 1.47 bits per heavy atom. The van der Waals surface area contributed by atoms with E-state index in [9.17, 15) is 4.39 Å². The molecular formula is C10H10FN5O. The van der Waals surface area contributed by atoms with Gasteiger partial charge in [-0.2, -0.15) is 0 Å². The summed E-state index contributed by atoms with van der Waals surface area (Å²) in [5.41, 5.74) is 6.15. The number of aromatic hydroxyl groups is 1. The molecule has 1 aromatic rings. The highest BCUT2D eigenvalue weighted by Gasteiger charge is 2.15. The maximum atomic E-state index is 12.8. The summed E-state index contributed by atoms with van der Waals surface area (Å²) in [5.74, 6) is -1.07. The summed E-state index contributed by atoms with van der Waals surface area (Å²) in [5, 5.41) is 19.5. The number of nitrogens with two attached hydrogens (primary N) is 1. The second kappa shape index (κ2) is 4.20. The van der Waals surface area contributed by atoms with Crippen molar-refractivity contribution in [3.05, 3.63) is 24.0 Å². The van der Waals surface area contributed by atoms with Crippen LogP contribution in [0.25, 0.3) is 0 Å². The minimum absolute atomic E-state index is 0.0465. The molecule has 0 saturated carbocycles. The maximum absolute atomic E-state index is 12.8. The standard InChI is InChI=1S/C10H10FN5O/c11-6-2-1-5(3-7(6)17)16-10(13)8-9(12)15-4-14-8/h1-3,17H,4H2,(H2,12,15)(H2,13,16). The maximum Gasteiger partial charge on any atom is 0.164 e. The molecule has 0 saturated heterocycles. The lowest BCUT2D eigenvalue weighted by molar-refractivity contribution is 0.433. The number of halogens is 1. The van der Waals surface area contributed by atoms with Gasteiger partial charge in [-0.3, -0.25) is 10.4 Å². The van der Waals surface area contributed by atoms with Crippen molar-refractivity contribution >= 4 is 23.1 Å². The van der Waals surface area contributed by atoms with Crippen LogP contribution in [0, 0.1) is 11.2 Å². The summed E-state index contributed by atoms with van der Waals surface area (Å²) in [6.45, 7) is 0.208. The second-order valence-electron chi connectivity index (χ2n) is 3.36. The average Bonchev–Trinajstić information content (AvgIpc) is 2.70. The normalized spacial score (nSPS) is 14.2. The molecule has 0 fully saturated rings. The summed E-state index contributed by atoms with van der Waals surface area (Å²) < 4.78 is 12.8. The fourth-order valence-corrected chi connectivity index (χ4v) is 1.34. The lowest BCUT2D eigenvalue weighted by Gasteiger charge is -2.08. The molecule has 1 aromatic carbocycles. The third-order valence-corrected chi connectivity index (χ3v) is 2.16. The van der Waals surface area contributed by atoms with E-state index in [4.69, 9.17) is 16.2 Å². The van der Waals surface area contributed by atoms with Gasteiger partial charge in [-0.05, 0) is 12.1 Å². The van der Waals surface area contributed by atoms with Crippen molar-refractivity contribution in [1.29, 1.82) is 5.41 Å². The highest BCUT2D eigenvalue weighted by molar-refractivity contribution is 6.69. The third kappa shape index (κ3) is 2.22. The fraction of sp³-hybridized carbons (Fsp3) is 0.100. The molecule has 88 valence electrons. The van der Waals surface area contributed by atoms with Crippen LogP contribution in [-0.4, -0.2) is 29.2 Å². The van der Waals surface area contributed by atoms with E-state index in [2.05, 4.69) is 15.3 Å². The number of phenols is 1. The first-order valence-electron chi connectivity index (χ1n) is 4.77. The van der Waals surface area contributed by atoms with Crippen molar-refractivity contribution < 1.29 is 9.50 Å². The van der Waals surface area contributed by atoms with E-state index >= 15 is 0 Å². The van der Waals surface area contributed by atoms with Gasteiger partial charge < -0.3 is 16.2 Å². The predicted octanol–water partition coefficient (Wildman–Crippen LogP) is 0.690. The van der Waals surface area contributed by atoms with Crippen LogP contribution in [0.15, 0.2) is 28.2 Å². The smallest absolute Gasteiger partial charge is 0.164 e. The quantitative estimate of drug-likeness (QED) is 0.447. The van der Waals surface area contributed by atoms with Gasteiger partial charge >= 0.3 is 0 Å². The second-order valence-corrected chi connectivity index (χ2v) is 3.36. The first kappa shape index (κ1) is 11.1. The molecule has 0 aromatic heterocycles. The number of amidine groups is 2. The number of nitrogens with one attached hydrogen (secondary N) is 2. The minimum Gasteiger partial charge on any atom is -0.505 e. The summed E-state index contributed by atoms with van der Waals surface area (Å²) in [6.07, 6.45) is 0. The Hall–Kier alpha value is -2.44. The van der Waals surface area contributed by atoms with Gasteiger partial charge in [0.1, 0.15) is 18.2 Å². The van der Waals surface area contributed by atoms with Crippen molar-refractivity contribution in [2.75, 3.05) is 12.0 Å². The van der Waals surface area contributed by atoms with E-state index in [0.29, 0.717) is 5.69 Å². The van der Waals surface area contributed by atoms with E-state index in [1.807, 2.05) is 0 Å². The molecule has 0 unspecified atom stereocenters. The lowest BCUT2D eigenvalue weighted by atomic mass is 10.2. The zero-order valence-electron chi connectivity index (χ0n) is 8.74. The van der Waals surface area contributed by atoms with Crippen LogP contribution in [-0.2, 0) is 0 Å². The van der Waals surface area contributed by atoms with Crippen LogP contribution in [0.5, 0.6) is 5.75 Å². The van der Waals surface area contributed by atoms with Gasteiger partial charge in [0.05, 0.1) is 0 Å². The Labute approximate surface area is 96.2 Å². The van der Waals surface area contributed by atoms with Crippen LogP contribution in [0.3, 0.4) is 0 Å². The topological polar surface area (TPSA) is 107 Å². The van der Waals surface area contributed by atoms with Crippen LogP contribution in [0.2, 0.25) is 0 Å². The van der Waals surface area contributed by atoms with Gasteiger partial charge in [0.15, 0.2) is 17.4 Å². The predicted molar refractivity (Wildman–Crippen MR) is 63.3 cm³/mol. The molecule has 6 nitrogen and oxygen atoms in total. The molecule has 17 heavy (non-hydrogen) atoms. The van der Waals surface area contributed by atoms with E-state index in [1.165, 1.54) is 12.1 Å². The number of nitrogens with zero attached hydrogens (tertiary/aromatic N) is 2. The molecule has 0 aliphatic carbocycles. The number of benzene rings is 1. The van der Waals surface area contributed by atoms with Crippen LogP contribution in [0.1, 0.15) is 0 Å². The first-order chi connectivity index (χ1) is 8.08. The molecule has 0 bridgehead atoms. The molecule has 1 heterocycles. The molecule has 0 radical (unpaired) electrons. The Balaban J connectivity index is 2.14. The lowest BCUT2D eigenvalue weighted by Crippen LogP contribution is -2.32. The Morgan fingerprint density at radius 2 is 2.24 bits per heavy atom. The first-order valence-corrected chi connectivity index (χ1v) is 4.77. The molecule has 7 heteroatoms. The summed E-state index contributed by atoms with van der Waals surface area (Å²) in [6, 6.07) is 3.66. The average molecular weight is 235 g/mol. The van der Waals surface area contributed by atoms with E-state index in [0.717, 1.165) is 6.07 Å². The van der Waals surface area contributed by atoms with E-state index < -0.39 is 11.6 Å². The van der Waals surface area contributed by atoms with Crippen LogP contribution >= 0.6 is 0 Å². The Kier molecular flexibility index (Phi) is 2.73. The van der Waals surface area contributed by atoms with Crippen LogP contribution < -0.4 is 11.1 Å². The van der Waals surface area contributed by atoms with Crippen molar-refractivity contribution in [3.8, 4) is 5.75 Å². The molecule has 5 N–H and O–H groups in total. The number of phenolic OH excluding ortho intramolecular Hbond substituents is 1. The van der Waals surface area contributed by atoms with Crippen molar-refractivity contribution in [2.45, 2.75) is 0 Å². The zero-order chi connectivity index (χ0) is 12.4. The third-order valence-electron chi connectivity index (χ3n) is 2.16. The summed E-state index contributed by atoms with van der Waals surface area (Å²) in [7, 11) is 0. The van der Waals surface area contributed by atoms with Crippen LogP contribution in [0.4, 0.5) is 10.1 Å². The largest absolute Gasteiger partial charge is 0.505 e. The Morgan fingerprint density at radius 3 is 2.82 bits per heavy atom. The SMILES string of the molecule is N=C(Nc1ccc(F)c(O)c1)C1=NCN=C1N. The minimum atomic E-state index is -0.721. The number of hydrogen-bond donors (Lipinski definition) is 4. The van der Waals surface area contributed by atoms with Crippen molar-refractivity contribution in [3.63, 3.8) is 0 Å². The van der Waals surface area contributed by atoms with Gasteiger partial charge in [0.25, 0.3) is 0 Å². The highest BCUT2D eigenvalue weighted by Crippen LogP contribution is 2.20. The number of anilines is 1. The molecule has 0 atom stereocenters. The van der Waals surface area contributed by atoms with Gasteiger partial charge in [0, 0.05) is 11.8 Å². The Bertz CT molecular complexity index is 537. The monoisotopic (exact) mass is 235 g/mol. The van der Waals surface area contributed by atoms with E-state index in [1.54, 1.807) is 0 Å². The molecule has 1 aliphatic heterocycles.